The van der Waals surface area contributed by atoms with Crippen LogP contribution in [0.4, 0.5) is 17.1 Å². The molecule has 0 atom stereocenters. The summed E-state index contributed by atoms with van der Waals surface area (Å²) in [5.74, 6) is 0. The number of hydrogen-bond donors (Lipinski definition) is 0. The fourth-order valence-corrected chi connectivity index (χ4v) is 8.31. The first kappa shape index (κ1) is 35.0. The van der Waals surface area contributed by atoms with Gasteiger partial charge in [0.2, 0.25) is 0 Å². The number of fused-ring (bicyclic) bond motifs is 3. The van der Waals surface area contributed by atoms with Crippen LogP contribution < -0.4 is 4.90 Å². The number of nitrogens with zero attached hydrogens (tertiary/aromatic N) is 1. The molecule has 0 saturated carbocycles. The van der Waals surface area contributed by atoms with Crippen LogP contribution in [0.1, 0.15) is 11.1 Å². The first-order chi connectivity index (χ1) is 28.6. The number of rotatable bonds is 8. The van der Waals surface area contributed by atoms with Gasteiger partial charge in [-0.1, -0.05) is 158 Å². The van der Waals surface area contributed by atoms with Crippen LogP contribution in [0.15, 0.2) is 217 Å². The number of hydrogen-bond acceptors (Lipinski definition) is 2. The van der Waals surface area contributed by atoms with Crippen molar-refractivity contribution in [3.05, 3.63) is 223 Å². The third kappa shape index (κ3) is 6.65. The minimum atomic E-state index is 0.917. The van der Waals surface area contributed by atoms with Crippen LogP contribution in [-0.2, 0) is 0 Å². The van der Waals surface area contributed by atoms with Gasteiger partial charge in [0.05, 0.1) is 0 Å². The molecule has 0 spiro atoms. The molecule has 2 nitrogen and oxygen atoms in total. The standard InChI is InChI=1S/C56H41NO/c1-38-35-46(47-26-34-56-54(37-47)53-15-9-10-16-55(53)58-56)25-32-51(38)52-33-31-50(36-39(52)2)57(48-27-21-44(22-28-48)41-13-7-4-8-14-41)49-29-23-45(24-30-49)43-19-17-42(18-20-43)40-11-5-3-6-12-40/h3-37H,1-2H3. The van der Waals surface area contributed by atoms with Crippen molar-refractivity contribution in [2.75, 3.05) is 4.90 Å². The number of para-hydroxylation sites is 1. The molecule has 0 radical (unpaired) electrons. The van der Waals surface area contributed by atoms with E-state index >= 15 is 0 Å². The van der Waals surface area contributed by atoms with Gasteiger partial charge in [0.15, 0.2) is 0 Å². The van der Waals surface area contributed by atoms with Gasteiger partial charge in [-0.2, -0.15) is 0 Å². The second-order valence-electron chi connectivity index (χ2n) is 15.1. The minimum Gasteiger partial charge on any atom is -0.456 e. The van der Waals surface area contributed by atoms with Crippen molar-refractivity contribution in [3.63, 3.8) is 0 Å². The summed E-state index contributed by atoms with van der Waals surface area (Å²) >= 11 is 0. The summed E-state index contributed by atoms with van der Waals surface area (Å²) in [6.07, 6.45) is 0. The lowest BCUT2D eigenvalue weighted by Gasteiger charge is -2.27. The molecule has 10 rings (SSSR count). The molecule has 0 bridgehead atoms. The Balaban J connectivity index is 0.978. The van der Waals surface area contributed by atoms with E-state index in [9.17, 15) is 0 Å². The molecule has 0 aliphatic rings. The molecule has 2 heteroatoms. The molecule has 1 aromatic heterocycles. The van der Waals surface area contributed by atoms with Gasteiger partial charge in [-0.15, -0.1) is 0 Å². The lowest BCUT2D eigenvalue weighted by atomic mass is 9.92. The highest BCUT2D eigenvalue weighted by Crippen LogP contribution is 2.40. The molecule has 1 heterocycles. The van der Waals surface area contributed by atoms with Crippen LogP contribution in [-0.4, -0.2) is 0 Å². The average molecular weight is 744 g/mol. The number of anilines is 3. The second-order valence-corrected chi connectivity index (χ2v) is 15.1. The smallest absolute Gasteiger partial charge is 0.135 e. The first-order valence-electron chi connectivity index (χ1n) is 19.9. The molecular weight excluding hydrogens is 703 g/mol. The van der Waals surface area contributed by atoms with Crippen LogP contribution in [0.3, 0.4) is 0 Å². The maximum absolute atomic E-state index is 6.10. The Morgan fingerprint density at radius 2 is 0.690 bits per heavy atom. The van der Waals surface area contributed by atoms with E-state index < -0.39 is 0 Å². The van der Waals surface area contributed by atoms with Gasteiger partial charge >= 0.3 is 0 Å². The Labute approximate surface area is 339 Å². The molecule has 0 fully saturated rings. The molecule has 276 valence electrons. The van der Waals surface area contributed by atoms with E-state index in [1.54, 1.807) is 0 Å². The van der Waals surface area contributed by atoms with Crippen LogP contribution in [0.25, 0.3) is 77.6 Å². The van der Waals surface area contributed by atoms with Gasteiger partial charge in [-0.3, -0.25) is 0 Å². The van der Waals surface area contributed by atoms with Crippen LogP contribution in [0, 0.1) is 13.8 Å². The third-order valence-corrected chi connectivity index (χ3v) is 11.4. The van der Waals surface area contributed by atoms with E-state index in [-0.39, 0.29) is 0 Å². The van der Waals surface area contributed by atoms with E-state index in [2.05, 4.69) is 219 Å². The summed E-state index contributed by atoms with van der Waals surface area (Å²) in [6, 6.07) is 76.3. The average Bonchev–Trinajstić information content (AvgIpc) is 3.66. The molecule has 0 amide bonds. The molecule has 0 aliphatic carbocycles. The Bertz CT molecular complexity index is 3030. The van der Waals surface area contributed by atoms with Crippen molar-refractivity contribution >= 4 is 39.0 Å². The van der Waals surface area contributed by atoms with Crippen molar-refractivity contribution in [1.29, 1.82) is 0 Å². The summed E-state index contributed by atoms with van der Waals surface area (Å²) in [5, 5.41) is 2.29. The monoisotopic (exact) mass is 743 g/mol. The van der Waals surface area contributed by atoms with Crippen LogP contribution in [0.5, 0.6) is 0 Å². The van der Waals surface area contributed by atoms with Gasteiger partial charge in [-0.05, 0) is 135 Å². The summed E-state index contributed by atoms with van der Waals surface area (Å²) in [4.78, 5) is 2.36. The minimum absolute atomic E-state index is 0.917. The number of benzene rings is 9. The molecule has 0 unspecified atom stereocenters. The molecule has 58 heavy (non-hydrogen) atoms. The second kappa shape index (κ2) is 14.9. The predicted octanol–water partition coefficient (Wildman–Crippen LogP) is 16.0. The van der Waals surface area contributed by atoms with Crippen molar-refractivity contribution in [2.45, 2.75) is 13.8 Å². The van der Waals surface area contributed by atoms with Gasteiger partial charge < -0.3 is 9.32 Å². The van der Waals surface area contributed by atoms with Crippen molar-refractivity contribution in [2.24, 2.45) is 0 Å². The molecule has 0 aliphatic heterocycles. The van der Waals surface area contributed by atoms with Gasteiger partial charge in [0.1, 0.15) is 11.2 Å². The largest absolute Gasteiger partial charge is 0.456 e. The molecule has 10 aromatic rings. The topological polar surface area (TPSA) is 16.4 Å². The lowest BCUT2D eigenvalue weighted by molar-refractivity contribution is 0.669. The number of aryl methyl sites for hydroxylation is 2. The SMILES string of the molecule is Cc1cc(-c2ccc3oc4ccccc4c3c2)ccc1-c1ccc(N(c2ccc(-c3ccccc3)cc2)c2ccc(-c3ccc(-c4ccccc4)cc3)cc2)cc1C. The van der Waals surface area contributed by atoms with Crippen molar-refractivity contribution < 1.29 is 4.42 Å². The maximum atomic E-state index is 6.10. The van der Waals surface area contributed by atoms with Crippen molar-refractivity contribution in [1.82, 2.24) is 0 Å². The fourth-order valence-electron chi connectivity index (χ4n) is 8.31. The van der Waals surface area contributed by atoms with E-state index in [1.165, 1.54) is 66.8 Å². The Morgan fingerprint density at radius 3 is 1.24 bits per heavy atom. The highest BCUT2D eigenvalue weighted by atomic mass is 16.3. The Hall–Kier alpha value is -7.42. The summed E-state index contributed by atoms with van der Waals surface area (Å²) in [6.45, 7) is 4.44. The Kier molecular flexibility index (Phi) is 9.01. The Morgan fingerprint density at radius 1 is 0.293 bits per heavy atom. The van der Waals surface area contributed by atoms with E-state index in [4.69, 9.17) is 4.42 Å². The highest BCUT2D eigenvalue weighted by Gasteiger charge is 2.17. The third-order valence-electron chi connectivity index (χ3n) is 11.4. The quantitative estimate of drug-likeness (QED) is 0.154. The normalized spacial score (nSPS) is 11.3. The highest BCUT2D eigenvalue weighted by molar-refractivity contribution is 6.06. The van der Waals surface area contributed by atoms with E-state index in [1.807, 2.05) is 12.1 Å². The fraction of sp³-hybridized carbons (Fsp3) is 0.0357. The van der Waals surface area contributed by atoms with Crippen LogP contribution in [0.2, 0.25) is 0 Å². The molecule has 0 N–H and O–H groups in total. The van der Waals surface area contributed by atoms with Crippen LogP contribution >= 0.6 is 0 Å². The summed E-state index contributed by atoms with van der Waals surface area (Å²) in [5.41, 5.74) is 19.7. The summed E-state index contributed by atoms with van der Waals surface area (Å²) in [7, 11) is 0. The zero-order valence-electron chi connectivity index (χ0n) is 32.6. The van der Waals surface area contributed by atoms with Gasteiger partial charge in [0, 0.05) is 27.8 Å². The lowest BCUT2D eigenvalue weighted by Crippen LogP contribution is -2.10. The maximum Gasteiger partial charge on any atom is 0.135 e. The number of furan rings is 1. The summed E-state index contributed by atoms with van der Waals surface area (Å²) < 4.78 is 6.10. The zero-order chi connectivity index (χ0) is 39.0. The zero-order valence-corrected chi connectivity index (χ0v) is 32.6. The van der Waals surface area contributed by atoms with E-state index in [0.29, 0.717) is 0 Å². The molecule has 9 aromatic carbocycles. The molecular formula is C56H41NO. The van der Waals surface area contributed by atoms with Gasteiger partial charge in [0.25, 0.3) is 0 Å². The predicted molar refractivity (Wildman–Crippen MR) is 245 cm³/mol. The first-order valence-corrected chi connectivity index (χ1v) is 19.9. The van der Waals surface area contributed by atoms with E-state index in [0.717, 1.165) is 39.0 Å². The molecule has 0 saturated heterocycles. The van der Waals surface area contributed by atoms with Gasteiger partial charge in [-0.25, -0.2) is 0 Å². The van der Waals surface area contributed by atoms with Crippen molar-refractivity contribution in [3.8, 4) is 55.6 Å².